The van der Waals surface area contributed by atoms with E-state index in [1.165, 1.54) is 6.08 Å². The van der Waals surface area contributed by atoms with Crippen molar-refractivity contribution in [3.05, 3.63) is 40.4 Å². The Bertz CT molecular complexity index is 315. The molecule has 0 aliphatic heterocycles. The lowest BCUT2D eigenvalue weighted by molar-refractivity contribution is -0.847. The van der Waals surface area contributed by atoms with Crippen molar-refractivity contribution >= 4 is 0 Å². The van der Waals surface area contributed by atoms with Crippen LogP contribution in [0, 0.1) is 5.21 Å². The average Bonchev–Trinajstić information content (AvgIpc) is 2.46. The third kappa shape index (κ3) is 1.45. The number of halogens is 1. The number of hydrogen-bond donors (Lipinski definition) is 1. The number of likely N-dealkylation sites (N-methyl/N-ethyl adjacent to an activating group) is 1. The van der Waals surface area contributed by atoms with Gasteiger partial charge in [0.2, 0.25) is 0 Å². The lowest BCUT2D eigenvalue weighted by Crippen LogP contribution is -3.08. The Morgan fingerprint density at radius 3 is 3.00 bits per heavy atom. The largest absolute Gasteiger partial charge is 0.634 e. The summed E-state index contributed by atoms with van der Waals surface area (Å²) in [6.07, 6.45) is 6.48. The molecule has 0 aromatic rings. The van der Waals surface area contributed by atoms with Crippen molar-refractivity contribution in [2.75, 3.05) is 7.05 Å². The average molecular weight is 181 g/mol. The van der Waals surface area contributed by atoms with Crippen LogP contribution in [0.4, 0.5) is 4.39 Å². The van der Waals surface area contributed by atoms with Gasteiger partial charge in [-0.15, -0.1) is 0 Å². The summed E-state index contributed by atoms with van der Waals surface area (Å²) in [4.78, 5) is 0. The van der Waals surface area contributed by atoms with Gasteiger partial charge in [-0.25, -0.2) is 4.39 Å². The summed E-state index contributed by atoms with van der Waals surface area (Å²) in [5.41, 5.74) is 2.02. The second-order valence-electron chi connectivity index (χ2n) is 3.52. The Morgan fingerprint density at radius 1 is 1.54 bits per heavy atom. The highest BCUT2D eigenvalue weighted by Gasteiger charge is 2.28. The van der Waals surface area contributed by atoms with Crippen molar-refractivity contribution in [3.8, 4) is 0 Å². The Labute approximate surface area is 76.6 Å². The smallest absolute Gasteiger partial charge is 0.120 e. The predicted molar refractivity (Wildman–Crippen MR) is 48.6 cm³/mol. The zero-order valence-electron chi connectivity index (χ0n) is 7.51. The molecule has 0 spiro atoms. The van der Waals surface area contributed by atoms with Gasteiger partial charge in [0.05, 0.1) is 7.05 Å². The maximum atomic E-state index is 12.9. The van der Waals surface area contributed by atoms with Gasteiger partial charge in [-0.3, -0.25) is 0 Å². The van der Waals surface area contributed by atoms with E-state index < -0.39 is 0 Å². The van der Waals surface area contributed by atoms with E-state index in [0.717, 1.165) is 17.6 Å². The fraction of sp³-hybridized carbons (Fsp3) is 0.400. The van der Waals surface area contributed by atoms with Crippen LogP contribution in [0.15, 0.2) is 35.2 Å². The molecule has 0 amide bonds. The lowest BCUT2D eigenvalue weighted by atomic mass is 9.98. The van der Waals surface area contributed by atoms with Crippen LogP contribution in [0.3, 0.4) is 0 Å². The van der Waals surface area contributed by atoms with Gasteiger partial charge < -0.3 is 10.3 Å². The lowest BCUT2D eigenvalue weighted by Gasteiger charge is -2.26. The SMILES string of the molecule is C[NH+]([O-])C1CC=C2CC=C(F)C=C21. The third-order valence-electron chi connectivity index (χ3n) is 2.65. The summed E-state index contributed by atoms with van der Waals surface area (Å²) in [5.74, 6) is -0.208. The number of fused-ring (bicyclic) bond motifs is 1. The van der Waals surface area contributed by atoms with Crippen LogP contribution in [0.1, 0.15) is 12.8 Å². The molecule has 0 aromatic carbocycles. The first-order valence-electron chi connectivity index (χ1n) is 4.45. The molecule has 13 heavy (non-hydrogen) atoms. The Kier molecular flexibility index (Phi) is 2.06. The molecule has 0 aromatic heterocycles. The highest BCUT2D eigenvalue weighted by molar-refractivity contribution is 5.47. The number of quaternary nitrogens is 1. The minimum Gasteiger partial charge on any atom is -0.634 e. The molecular weight excluding hydrogens is 169 g/mol. The van der Waals surface area contributed by atoms with Crippen LogP contribution in [0.25, 0.3) is 0 Å². The maximum absolute atomic E-state index is 12.9. The fourth-order valence-electron chi connectivity index (χ4n) is 1.92. The zero-order chi connectivity index (χ0) is 9.42. The summed E-state index contributed by atoms with van der Waals surface area (Å²) in [6, 6.07) is -0.0885. The Morgan fingerprint density at radius 2 is 2.31 bits per heavy atom. The van der Waals surface area contributed by atoms with Gasteiger partial charge in [0.1, 0.15) is 11.9 Å². The Balaban J connectivity index is 2.29. The predicted octanol–water partition coefficient (Wildman–Crippen LogP) is 0.881. The van der Waals surface area contributed by atoms with E-state index in [0.29, 0.717) is 6.42 Å². The van der Waals surface area contributed by atoms with Crippen LogP contribution in [-0.4, -0.2) is 13.1 Å². The molecule has 2 aliphatic carbocycles. The van der Waals surface area contributed by atoms with Crippen LogP contribution in [0.2, 0.25) is 0 Å². The Hall–Kier alpha value is -0.930. The van der Waals surface area contributed by atoms with E-state index in [2.05, 4.69) is 0 Å². The molecule has 2 atom stereocenters. The summed E-state index contributed by atoms with van der Waals surface area (Å²) in [7, 11) is 1.57. The van der Waals surface area contributed by atoms with Crippen molar-refractivity contribution < 1.29 is 9.45 Å². The molecule has 0 saturated heterocycles. The molecule has 2 aliphatic rings. The van der Waals surface area contributed by atoms with Gasteiger partial charge in [-0.2, -0.15) is 0 Å². The molecular formula is C10H12FNO. The van der Waals surface area contributed by atoms with Gasteiger partial charge >= 0.3 is 0 Å². The van der Waals surface area contributed by atoms with Crippen molar-refractivity contribution in [1.29, 1.82) is 0 Å². The van der Waals surface area contributed by atoms with Gasteiger partial charge in [-0.05, 0) is 24.1 Å². The van der Waals surface area contributed by atoms with Crippen molar-refractivity contribution in [1.82, 2.24) is 0 Å². The van der Waals surface area contributed by atoms with Crippen LogP contribution < -0.4 is 5.06 Å². The molecule has 1 N–H and O–H groups in total. The summed E-state index contributed by atoms with van der Waals surface area (Å²) < 4.78 is 12.9. The highest BCUT2D eigenvalue weighted by atomic mass is 19.1. The molecule has 0 fully saturated rings. The highest BCUT2D eigenvalue weighted by Crippen LogP contribution is 2.31. The first-order chi connectivity index (χ1) is 6.18. The molecule has 70 valence electrons. The number of rotatable bonds is 1. The summed E-state index contributed by atoms with van der Waals surface area (Å²) in [5, 5.41) is 11.3. The van der Waals surface area contributed by atoms with E-state index in [-0.39, 0.29) is 16.9 Å². The number of hydrogen-bond acceptors (Lipinski definition) is 1. The fourth-order valence-corrected chi connectivity index (χ4v) is 1.92. The molecule has 0 bridgehead atoms. The quantitative estimate of drug-likeness (QED) is 0.597. The second-order valence-corrected chi connectivity index (χ2v) is 3.52. The number of allylic oxidation sites excluding steroid dienone is 3. The van der Waals surface area contributed by atoms with Gasteiger partial charge in [0, 0.05) is 12.0 Å². The van der Waals surface area contributed by atoms with Crippen LogP contribution >= 0.6 is 0 Å². The van der Waals surface area contributed by atoms with Gasteiger partial charge in [0.25, 0.3) is 0 Å². The van der Waals surface area contributed by atoms with E-state index in [9.17, 15) is 9.60 Å². The zero-order valence-corrected chi connectivity index (χ0v) is 7.51. The van der Waals surface area contributed by atoms with E-state index in [1.807, 2.05) is 6.08 Å². The molecule has 2 nitrogen and oxygen atoms in total. The molecule has 2 unspecified atom stereocenters. The first-order valence-corrected chi connectivity index (χ1v) is 4.45. The van der Waals surface area contributed by atoms with Crippen LogP contribution in [-0.2, 0) is 0 Å². The molecule has 0 radical (unpaired) electrons. The summed E-state index contributed by atoms with van der Waals surface area (Å²) in [6.45, 7) is 0. The minimum absolute atomic E-state index is 0.0885. The van der Waals surface area contributed by atoms with Crippen molar-refractivity contribution in [3.63, 3.8) is 0 Å². The van der Waals surface area contributed by atoms with Crippen molar-refractivity contribution in [2.45, 2.75) is 18.9 Å². The van der Waals surface area contributed by atoms with E-state index in [1.54, 1.807) is 13.1 Å². The summed E-state index contributed by atoms with van der Waals surface area (Å²) >= 11 is 0. The normalized spacial score (nSPS) is 28.8. The van der Waals surface area contributed by atoms with Crippen LogP contribution in [0.5, 0.6) is 0 Å². The van der Waals surface area contributed by atoms with Gasteiger partial charge in [0.15, 0.2) is 0 Å². The van der Waals surface area contributed by atoms with Gasteiger partial charge in [-0.1, -0.05) is 6.08 Å². The standard InChI is InChI=1S/C10H12FNO/c1-12(13)10-5-3-7-2-4-8(11)6-9(7)10/h3-4,6,10,12H,2,5H2,1H3. The first kappa shape index (κ1) is 8.66. The second kappa shape index (κ2) is 3.09. The van der Waals surface area contributed by atoms with E-state index >= 15 is 0 Å². The molecule has 0 saturated carbocycles. The monoisotopic (exact) mass is 181 g/mol. The van der Waals surface area contributed by atoms with Crippen molar-refractivity contribution in [2.24, 2.45) is 0 Å². The molecule has 0 heterocycles. The van der Waals surface area contributed by atoms with E-state index in [4.69, 9.17) is 0 Å². The maximum Gasteiger partial charge on any atom is 0.120 e. The number of hydroxylamine groups is 2. The third-order valence-corrected chi connectivity index (χ3v) is 2.65. The molecule has 2 rings (SSSR count). The minimum atomic E-state index is -0.208. The molecule has 3 heteroatoms. The topological polar surface area (TPSA) is 27.5 Å². The number of nitrogens with one attached hydrogen (secondary N) is 1.